The van der Waals surface area contributed by atoms with Gasteiger partial charge in [0.2, 0.25) is 0 Å². The third-order valence-electron chi connectivity index (χ3n) is 4.56. The first-order valence-corrected chi connectivity index (χ1v) is 8.89. The summed E-state index contributed by atoms with van der Waals surface area (Å²) in [4.78, 5) is 15.0. The number of amides is 1. The van der Waals surface area contributed by atoms with E-state index < -0.39 is 0 Å². The van der Waals surface area contributed by atoms with Gasteiger partial charge in [0.05, 0.1) is 24.0 Å². The number of hydrogen-bond acceptors (Lipinski definition) is 4. The van der Waals surface area contributed by atoms with E-state index in [-0.39, 0.29) is 17.2 Å². The van der Waals surface area contributed by atoms with Gasteiger partial charge in [-0.3, -0.25) is 9.48 Å². The molecule has 26 heavy (non-hydrogen) atoms. The van der Waals surface area contributed by atoms with Gasteiger partial charge in [0, 0.05) is 12.7 Å². The summed E-state index contributed by atoms with van der Waals surface area (Å²) in [5, 5.41) is 18.9. The molecule has 0 saturated carbocycles. The second-order valence-electron chi connectivity index (χ2n) is 6.15. The number of anilines is 1. The normalized spacial score (nSPS) is 11.2. The molecule has 0 aliphatic carbocycles. The molecule has 6 heteroatoms. The van der Waals surface area contributed by atoms with Crippen molar-refractivity contribution < 1.29 is 9.90 Å². The zero-order chi connectivity index (χ0) is 18.5. The van der Waals surface area contributed by atoms with Crippen LogP contribution in [-0.4, -0.2) is 45.3 Å². The summed E-state index contributed by atoms with van der Waals surface area (Å²) >= 11 is 0. The number of hydrogen-bond donors (Lipinski definition) is 2. The molecule has 0 spiro atoms. The van der Waals surface area contributed by atoms with Crippen molar-refractivity contribution in [2.24, 2.45) is 0 Å². The van der Waals surface area contributed by atoms with Gasteiger partial charge in [-0.2, -0.15) is 5.10 Å². The Hall–Kier alpha value is -2.86. The summed E-state index contributed by atoms with van der Waals surface area (Å²) in [7, 11) is 0. The summed E-state index contributed by atoms with van der Waals surface area (Å²) < 4.78 is 1.82. The van der Waals surface area contributed by atoms with Crippen molar-refractivity contribution in [2.75, 3.05) is 25.0 Å². The van der Waals surface area contributed by atoms with Crippen molar-refractivity contribution in [3.8, 4) is 5.75 Å². The van der Waals surface area contributed by atoms with E-state index in [9.17, 15) is 9.90 Å². The van der Waals surface area contributed by atoms with Crippen LogP contribution in [0.4, 0.5) is 5.69 Å². The minimum Gasteiger partial charge on any atom is -0.507 e. The number of nitrogens with zero attached hydrogens (tertiary/aromatic N) is 3. The highest BCUT2D eigenvalue weighted by atomic mass is 16.3. The Morgan fingerprint density at radius 2 is 1.96 bits per heavy atom. The van der Waals surface area contributed by atoms with E-state index in [1.165, 1.54) is 0 Å². The van der Waals surface area contributed by atoms with Gasteiger partial charge in [-0.1, -0.05) is 44.2 Å². The van der Waals surface area contributed by atoms with Crippen LogP contribution < -0.4 is 5.32 Å². The molecule has 0 fully saturated rings. The lowest BCUT2D eigenvalue weighted by atomic mass is 10.0. The Kier molecular flexibility index (Phi) is 5.53. The molecule has 1 heterocycles. The van der Waals surface area contributed by atoms with E-state index in [1.807, 2.05) is 35.1 Å². The highest BCUT2D eigenvalue weighted by Crippen LogP contribution is 2.27. The van der Waals surface area contributed by atoms with Crippen LogP contribution in [0.2, 0.25) is 0 Å². The number of rotatable bonds is 7. The van der Waals surface area contributed by atoms with Gasteiger partial charge in [0.15, 0.2) is 0 Å². The van der Waals surface area contributed by atoms with Gasteiger partial charge in [0.25, 0.3) is 5.91 Å². The fraction of sp³-hybridized carbons (Fsp3) is 0.300. The first kappa shape index (κ1) is 17.9. The number of aromatic nitrogens is 2. The van der Waals surface area contributed by atoms with Crippen LogP contribution in [0, 0.1) is 0 Å². The molecule has 2 aromatic carbocycles. The van der Waals surface area contributed by atoms with Crippen LogP contribution in [0.25, 0.3) is 10.8 Å². The number of phenols is 1. The van der Waals surface area contributed by atoms with Gasteiger partial charge in [-0.15, -0.1) is 0 Å². The van der Waals surface area contributed by atoms with E-state index in [0.717, 1.165) is 37.0 Å². The number of likely N-dealkylation sites (N-methyl/N-ethyl adjacent to an activating group) is 1. The van der Waals surface area contributed by atoms with Crippen molar-refractivity contribution in [3.63, 3.8) is 0 Å². The van der Waals surface area contributed by atoms with Crippen LogP contribution in [0.1, 0.15) is 24.2 Å². The van der Waals surface area contributed by atoms with E-state index in [1.54, 1.807) is 18.3 Å². The standard InChI is InChI=1S/C20H24N4O2/c1-3-23(4-2)11-12-24-14-16(13-21-24)22-20(26)19-17-8-6-5-7-15(17)9-10-18(19)25/h5-10,13-14,25H,3-4,11-12H2,1-2H3,(H,22,26). The molecular weight excluding hydrogens is 328 g/mol. The Morgan fingerprint density at radius 3 is 2.73 bits per heavy atom. The Morgan fingerprint density at radius 1 is 1.19 bits per heavy atom. The largest absolute Gasteiger partial charge is 0.507 e. The van der Waals surface area contributed by atoms with Crippen LogP contribution in [-0.2, 0) is 6.54 Å². The number of fused-ring (bicyclic) bond motifs is 1. The highest BCUT2D eigenvalue weighted by Gasteiger charge is 2.16. The average Bonchev–Trinajstić information content (AvgIpc) is 3.09. The van der Waals surface area contributed by atoms with Gasteiger partial charge in [0.1, 0.15) is 5.75 Å². The molecular formula is C20H24N4O2. The number of carbonyl (C=O) groups excluding carboxylic acids is 1. The zero-order valence-electron chi connectivity index (χ0n) is 15.1. The first-order valence-electron chi connectivity index (χ1n) is 8.89. The summed E-state index contributed by atoms with van der Waals surface area (Å²) in [6.45, 7) is 7.94. The molecule has 3 rings (SSSR count). The molecule has 0 aliphatic rings. The zero-order valence-corrected chi connectivity index (χ0v) is 15.1. The van der Waals surface area contributed by atoms with Crippen molar-refractivity contribution in [3.05, 3.63) is 54.4 Å². The maximum Gasteiger partial charge on any atom is 0.260 e. The summed E-state index contributed by atoms with van der Waals surface area (Å²) in [5.41, 5.74) is 0.890. The quantitative estimate of drug-likeness (QED) is 0.684. The van der Waals surface area contributed by atoms with E-state index in [4.69, 9.17) is 0 Å². The number of phenolic OH excluding ortho intramolecular Hbond substituents is 1. The fourth-order valence-electron chi connectivity index (χ4n) is 3.03. The fourth-order valence-corrected chi connectivity index (χ4v) is 3.03. The predicted octanol–water partition coefficient (Wildman–Crippen LogP) is 3.34. The minimum absolute atomic E-state index is 0.0323. The number of nitrogens with one attached hydrogen (secondary N) is 1. The van der Waals surface area contributed by atoms with Crippen LogP contribution in [0.5, 0.6) is 5.75 Å². The molecule has 0 bridgehead atoms. The van der Waals surface area contributed by atoms with Crippen molar-refractivity contribution in [1.82, 2.24) is 14.7 Å². The average molecular weight is 352 g/mol. The molecule has 0 saturated heterocycles. The minimum atomic E-state index is -0.345. The van der Waals surface area contributed by atoms with Crippen LogP contribution >= 0.6 is 0 Å². The van der Waals surface area contributed by atoms with Crippen molar-refractivity contribution in [2.45, 2.75) is 20.4 Å². The molecule has 6 nitrogen and oxygen atoms in total. The van der Waals surface area contributed by atoms with E-state index in [0.29, 0.717) is 5.69 Å². The molecule has 0 aliphatic heterocycles. The van der Waals surface area contributed by atoms with Gasteiger partial charge >= 0.3 is 0 Å². The molecule has 3 aromatic rings. The third-order valence-corrected chi connectivity index (χ3v) is 4.56. The lowest BCUT2D eigenvalue weighted by molar-refractivity contribution is 0.102. The first-order chi connectivity index (χ1) is 12.6. The number of benzene rings is 2. The summed E-state index contributed by atoms with van der Waals surface area (Å²) in [6, 6.07) is 10.8. The van der Waals surface area contributed by atoms with E-state index in [2.05, 4.69) is 29.2 Å². The lowest BCUT2D eigenvalue weighted by Crippen LogP contribution is -2.27. The number of carbonyl (C=O) groups is 1. The maximum atomic E-state index is 12.7. The van der Waals surface area contributed by atoms with E-state index >= 15 is 0 Å². The molecule has 136 valence electrons. The molecule has 0 atom stereocenters. The van der Waals surface area contributed by atoms with Crippen LogP contribution in [0.3, 0.4) is 0 Å². The molecule has 0 unspecified atom stereocenters. The summed E-state index contributed by atoms with van der Waals surface area (Å²) in [6.07, 6.45) is 3.44. The lowest BCUT2D eigenvalue weighted by Gasteiger charge is -2.17. The molecule has 1 aromatic heterocycles. The Bertz CT molecular complexity index is 900. The Balaban J connectivity index is 1.74. The Labute approximate surface area is 153 Å². The van der Waals surface area contributed by atoms with Gasteiger partial charge in [-0.05, 0) is 29.9 Å². The molecule has 2 N–H and O–H groups in total. The van der Waals surface area contributed by atoms with Crippen LogP contribution in [0.15, 0.2) is 48.8 Å². The van der Waals surface area contributed by atoms with Gasteiger partial charge < -0.3 is 15.3 Å². The van der Waals surface area contributed by atoms with Gasteiger partial charge in [-0.25, -0.2) is 0 Å². The maximum absolute atomic E-state index is 12.7. The smallest absolute Gasteiger partial charge is 0.260 e. The molecule has 0 radical (unpaired) electrons. The summed E-state index contributed by atoms with van der Waals surface area (Å²) in [5.74, 6) is -0.377. The predicted molar refractivity (Wildman–Crippen MR) is 104 cm³/mol. The van der Waals surface area contributed by atoms with Crippen molar-refractivity contribution in [1.29, 1.82) is 0 Å². The van der Waals surface area contributed by atoms with Crippen molar-refractivity contribution >= 4 is 22.4 Å². The second-order valence-corrected chi connectivity index (χ2v) is 6.15. The number of aromatic hydroxyl groups is 1. The topological polar surface area (TPSA) is 70.4 Å². The third kappa shape index (κ3) is 3.86. The molecule has 1 amide bonds. The monoisotopic (exact) mass is 352 g/mol. The second kappa shape index (κ2) is 8.01. The highest BCUT2D eigenvalue weighted by molar-refractivity contribution is 6.14. The SMILES string of the molecule is CCN(CC)CCn1cc(NC(=O)c2c(O)ccc3ccccc23)cn1.